The monoisotopic (exact) mass is 281 g/mol. The highest BCUT2D eigenvalue weighted by Gasteiger charge is 2.25. The van der Waals surface area contributed by atoms with Crippen molar-refractivity contribution < 1.29 is 19.1 Å². The Morgan fingerprint density at radius 2 is 2.25 bits per heavy atom. The third-order valence-electron chi connectivity index (χ3n) is 3.36. The van der Waals surface area contributed by atoms with Crippen LogP contribution >= 0.6 is 0 Å². The molecule has 7 heteroatoms. The molecule has 2 amide bonds. The number of urea groups is 1. The first-order valence-corrected chi connectivity index (χ1v) is 6.30. The minimum absolute atomic E-state index is 0.230. The molecule has 4 N–H and O–H groups in total. The number of nitrogens with one attached hydrogen (secondary N) is 1. The number of hydrogen-bond acceptors (Lipinski definition) is 3. The molecule has 0 saturated carbocycles. The Bertz CT molecular complexity index is 536. The van der Waals surface area contributed by atoms with Crippen LogP contribution in [0.25, 0.3) is 0 Å². The Balaban J connectivity index is 2.02. The molecule has 108 valence electrons. The second-order valence-electron chi connectivity index (χ2n) is 4.77. The fourth-order valence-electron chi connectivity index (χ4n) is 2.18. The topological polar surface area (TPSA) is 95.7 Å². The summed E-state index contributed by atoms with van der Waals surface area (Å²) in [7, 11) is 0. The zero-order chi connectivity index (χ0) is 14.7. The van der Waals surface area contributed by atoms with Gasteiger partial charge in [-0.05, 0) is 37.1 Å². The molecule has 1 fully saturated rings. The van der Waals surface area contributed by atoms with Gasteiger partial charge in [0.15, 0.2) is 0 Å². The van der Waals surface area contributed by atoms with Gasteiger partial charge < -0.3 is 21.1 Å². The highest BCUT2D eigenvalue weighted by molar-refractivity contribution is 5.92. The van der Waals surface area contributed by atoms with Gasteiger partial charge in [-0.15, -0.1) is 0 Å². The van der Waals surface area contributed by atoms with Gasteiger partial charge in [-0.1, -0.05) is 0 Å². The van der Waals surface area contributed by atoms with Crippen LogP contribution in [-0.2, 0) is 0 Å². The van der Waals surface area contributed by atoms with Crippen molar-refractivity contribution in [2.45, 2.75) is 6.42 Å². The Morgan fingerprint density at radius 3 is 2.80 bits per heavy atom. The molecular weight excluding hydrogens is 265 g/mol. The van der Waals surface area contributed by atoms with E-state index in [0.717, 1.165) is 18.6 Å². The number of amides is 2. The van der Waals surface area contributed by atoms with Gasteiger partial charge in [0.1, 0.15) is 5.82 Å². The van der Waals surface area contributed by atoms with E-state index in [-0.39, 0.29) is 11.7 Å². The van der Waals surface area contributed by atoms with Gasteiger partial charge in [-0.25, -0.2) is 14.0 Å². The molecule has 20 heavy (non-hydrogen) atoms. The lowest BCUT2D eigenvalue weighted by Gasteiger charge is -2.17. The molecule has 2 rings (SSSR count). The van der Waals surface area contributed by atoms with Crippen molar-refractivity contribution in [1.82, 2.24) is 4.90 Å². The van der Waals surface area contributed by atoms with E-state index in [4.69, 9.17) is 10.8 Å². The number of nitrogens with two attached hydrogens (primary N) is 1. The summed E-state index contributed by atoms with van der Waals surface area (Å²) in [4.78, 5) is 24.2. The molecule has 1 saturated heterocycles. The van der Waals surface area contributed by atoms with E-state index in [0.29, 0.717) is 25.6 Å². The number of benzene rings is 1. The van der Waals surface area contributed by atoms with E-state index >= 15 is 0 Å². The maximum atomic E-state index is 13.5. The molecule has 1 aromatic carbocycles. The largest absolute Gasteiger partial charge is 0.478 e. The van der Waals surface area contributed by atoms with Crippen LogP contribution in [0.3, 0.4) is 0 Å². The van der Waals surface area contributed by atoms with E-state index in [2.05, 4.69) is 5.32 Å². The van der Waals surface area contributed by atoms with Crippen molar-refractivity contribution in [2.75, 3.05) is 25.0 Å². The summed E-state index contributed by atoms with van der Waals surface area (Å²) in [5.41, 5.74) is 5.36. The number of anilines is 1. The molecule has 0 aliphatic carbocycles. The van der Waals surface area contributed by atoms with E-state index in [1.54, 1.807) is 4.90 Å². The quantitative estimate of drug-likeness (QED) is 0.779. The van der Waals surface area contributed by atoms with Crippen LogP contribution in [0.2, 0.25) is 0 Å². The van der Waals surface area contributed by atoms with Crippen LogP contribution in [0.15, 0.2) is 18.2 Å². The summed E-state index contributed by atoms with van der Waals surface area (Å²) in [6.45, 7) is 1.73. The lowest BCUT2D eigenvalue weighted by atomic mass is 10.1. The summed E-state index contributed by atoms with van der Waals surface area (Å²) in [6.07, 6.45) is 0.857. The highest BCUT2D eigenvalue weighted by Crippen LogP contribution is 2.18. The van der Waals surface area contributed by atoms with Crippen molar-refractivity contribution in [3.63, 3.8) is 0 Å². The maximum Gasteiger partial charge on any atom is 0.338 e. The van der Waals surface area contributed by atoms with Crippen LogP contribution in [-0.4, -0.2) is 41.6 Å². The molecule has 0 bridgehead atoms. The number of carbonyl (C=O) groups excluding carboxylic acids is 1. The van der Waals surface area contributed by atoms with Gasteiger partial charge in [-0.3, -0.25) is 0 Å². The molecule has 1 atom stereocenters. The number of hydrogen-bond donors (Lipinski definition) is 3. The normalized spacial score (nSPS) is 18.1. The first-order valence-electron chi connectivity index (χ1n) is 6.30. The number of likely N-dealkylation sites (tertiary alicyclic amines) is 1. The van der Waals surface area contributed by atoms with Gasteiger partial charge in [0.25, 0.3) is 0 Å². The zero-order valence-corrected chi connectivity index (χ0v) is 10.8. The number of aromatic carboxylic acids is 1. The zero-order valence-electron chi connectivity index (χ0n) is 10.8. The van der Waals surface area contributed by atoms with E-state index in [9.17, 15) is 14.0 Å². The maximum absolute atomic E-state index is 13.5. The van der Waals surface area contributed by atoms with Gasteiger partial charge >= 0.3 is 12.0 Å². The van der Waals surface area contributed by atoms with Crippen molar-refractivity contribution in [1.29, 1.82) is 0 Å². The summed E-state index contributed by atoms with van der Waals surface area (Å²) >= 11 is 0. The number of halogens is 1. The molecule has 1 aliphatic rings. The third kappa shape index (κ3) is 3.05. The molecule has 0 aromatic heterocycles. The number of carboxylic acids is 1. The average molecular weight is 281 g/mol. The van der Waals surface area contributed by atoms with Crippen LogP contribution in [0.4, 0.5) is 14.9 Å². The fraction of sp³-hybridized carbons (Fsp3) is 0.385. The Labute approximate surface area is 115 Å². The van der Waals surface area contributed by atoms with Crippen molar-refractivity contribution in [2.24, 2.45) is 11.7 Å². The highest BCUT2D eigenvalue weighted by atomic mass is 19.1. The first-order chi connectivity index (χ1) is 9.51. The van der Waals surface area contributed by atoms with Crippen LogP contribution in [0.1, 0.15) is 16.8 Å². The lowest BCUT2D eigenvalue weighted by molar-refractivity contribution is 0.0692. The second kappa shape index (κ2) is 5.87. The summed E-state index contributed by atoms with van der Waals surface area (Å²) < 4.78 is 13.5. The fourth-order valence-corrected chi connectivity index (χ4v) is 2.18. The summed E-state index contributed by atoms with van der Waals surface area (Å²) in [5, 5.41) is 11.3. The minimum atomic E-state index is -1.34. The van der Waals surface area contributed by atoms with E-state index in [1.807, 2.05) is 0 Å². The number of rotatable bonds is 3. The summed E-state index contributed by atoms with van der Waals surface area (Å²) in [6, 6.07) is 3.15. The van der Waals surface area contributed by atoms with Crippen molar-refractivity contribution in [3.05, 3.63) is 29.6 Å². The number of carbonyl (C=O) groups is 2. The summed E-state index contributed by atoms with van der Waals surface area (Å²) in [5.74, 6) is -1.92. The Kier molecular flexibility index (Phi) is 4.19. The van der Waals surface area contributed by atoms with Gasteiger partial charge in [0.05, 0.1) is 5.56 Å². The molecule has 6 nitrogen and oxygen atoms in total. The lowest BCUT2D eigenvalue weighted by Crippen LogP contribution is -2.33. The van der Waals surface area contributed by atoms with Crippen molar-refractivity contribution >= 4 is 17.7 Å². The Morgan fingerprint density at radius 1 is 1.50 bits per heavy atom. The standard InChI is InChI=1S/C13H16FN3O3/c14-11-5-9(1-2-10(11)12(18)19)16-13(20)17-4-3-8(6-15)7-17/h1-2,5,8H,3-4,6-7,15H2,(H,16,20)(H,18,19). The molecule has 1 aliphatic heterocycles. The van der Waals surface area contributed by atoms with E-state index in [1.165, 1.54) is 6.07 Å². The molecular formula is C13H16FN3O3. The van der Waals surface area contributed by atoms with Gasteiger partial charge in [0.2, 0.25) is 0 Å². The second-order valence-corrected chi connectivity index (χ2v) is 4.77. The minimum Gasteiger partial charge on any atom is -0.478 e. The predicted octanol–water partition coefficient (Wildman–Crippen LogP) is 1.34. The molecule has 0 spiro atoms. The van der Waals surface area contributed by atoms with Crippen molar-refractivity contribution in [3.8, 4) is 0 Å². The first kappa shape index (κ1) is 14.3. The average Bonchev–Trinajstić information content (AvgIpc) is 2.87. The molecule has 1 unspecified atom stereocenters. The smallest absolute Gasteiger partial charge is 0.338 e. The van der Waals surface area contributed by atoms with Crippen LogP contribution in [0, 0.1) is 11.7 Å². The third-order valence-corrected chi connectivity index (χ3v) is 3.36. The van der Waals surface area contributed by atoms with Gasteiger partial charge in [-0.2, -0.15) is 0 Å². The number of nitrogens with zero attached hydrogens (tertiary/aromatic N) is 1. The van der Waals surface area contributed by atoms with Gasteiger partial charge in [0, 0.05) is 18.8 Å². The SMILES string of the molecule is NCC1CCN(C(=O)Nc2ccc(C(=O)O)c(F)c2)C1. The molecule has 1 aromatic rings. The Hall–Kier alpha value is -2.15. The predicted molar refractivity (Wildman–Crippen MR) is 71.1 cm³/mol. The van der Waals surface area contributed by atoms with Crippen LogP contribution < -0.4 is 11.1 Å². The van der Waals surface area contributed by atoms with Crippen LogP contribution in [0.5, 0.6) is 0 Å². The van der Waals surface area contributed by atoms with E-state index < -0.39 is 17.3 Å². The molecule has 0 radical (unpaired) electrons. The number of carboxylic acid groups (broad SMARTS) is 1. The molecule has 1 heterocycles.